The molecule has 146 valence electrons. The maximum atomic E-state index is 12.3. The predicted molar refractivity (Wildman–Crippen MR) is 105 cm³/mol. The summed E-state index contributed by atoms with van der Waals surface area (Å²) in [5, 5.41) is 5.86. The minimum Gasteiger partial charge on any atom is -0.464 e. The first-order chi connectivity index (χ1) is 13.7. The van der Waals surface area contributed by atoms with Crippen molar-refractivity contribution in [1.29, 1.82) is 0 Å². The van der Waals surface area contributed by atoms with Crippen LogP contribution in [0.2, 0.25) is 0 Å². The van der Waals surface area contributed by atoms with Crippen molar-refractivity contribution >= 4 is 17.5 Å². The molecule has 0 aliphatic heterocycles. The highest BCUT2D eigenvalue weighted by Gasteiger charge is 2.16. The molecule has 0 radical (unpaired) electrons. The highest BCUT2D eigenvalue weighted by molar-refractivity contribution is 6.15. The molecule has 0 spiro atoms. The lowest BCUT2D eigenvalue weighted by molar-refractivity contribution is -0.137. The third-order valence-corrected chi connectivity index (χ3v) is 3.61. The molecule has 7 heteroatoms. The molecule has 28 heavy (non-hydrogen) atoms. The van der Waals surface area contributed by atoms with Gasteiger partial charge in [-0.1, -0.05) is 36.4 Å². The molecule has 0 bridgehead atoms. The Balaban J connectivity index is 2.19. The molecule has 0 aliphatic rings. The van der Waals surface area contributed by atoms with Crippen LogP contribution in [0.5, 0.6) is 0 Å². The van der Waals surface area contributed by atoms with Crippen LogP contribution in [-0.4, -0.2) is 30.6 Å². The first-order valence-electron chi connectivity index (χ1n) is 8.76. The second-order valence-electron chi connectivity index (χ2n) is 5.55. The summed E-state index contributed by atoms with van der Waals surface area (Å²) < 4.78 is 9.87. The summed E-state index contributed by atoms with van der Waals surface area (Å²) in [6, 6.07) is 14.9. The van der Waals surface area contributed by atoms with E-state index in [-0.39, 0.29) is 17.9 Å². The highest BCUT2D eigenvalue weighted by atomic mass is 16.5. The van der Waals surface area contributed by atoms with Gasteiger partial charge in [0.2, 0.25) is 0 Å². The molecular formula is C21H23N3O4. The Hall–Kier alpha value is -3.61. The molecule has 0 aliphatic carbocycles. The standard InChI is InChI=1S/C21H23N3O4/c1-3-28-20(25)17(18-11-7-8-12-23-18)14-24-19(21(26)27-2)15-22-13-16-9-5-4-6-10-16/h4-12,14-15,22,24H,3,13H2,1-2H3/b17-14-,19-15+. The summed E-state index contributed by atoms with van der Waals surface area (Å²) in [6.45, 7) is 2.47. The molecule has 7 nitrogen and oxygen atoms in total. The summed E-state index contributed by atoms with van der Waals surface area (Å²) in [5.74, 6) is -1.13. The van der Waals surface area contributed by atoms with Crippen molar-refractivity contribution < 1.29 is 19.1 Å². The molecule has 0 fully saturated rings. The number of esters is 2. The summed E-state index contributed by atoms with van der Waals surface area (Å²) in [7, 11) is 1.28. The second kappa shape index (κ2) is 11.2. The smallest absolute Gasteiger partial charge is 0.355 e. The van der Waals surface area contributed by atoms with E-state index in [0.29, 0.717) is 12.2 Å². The van der Waals surface area contributed by atoms with Gasteiger partial charge in [-0.05, 0) is 24.6 Å². The SMILES string of the molecule is CCOC(=O)/C(=C\N/C(=C/NCc1ccccc1)C(=O)OC)c1ccccn1. The van der Waals surface area contributed by atoms with E-state index in [9.17, 15) is 9.59 Å². The number of rotatable bonds is 9. The number of benzene rings is 1. The van der Waals surface area contributed by atoms with Crippen LogP contribution in [0.25, 0.3) is 5.57 Å². The molecule has 2 rings (SSSR count). The molecule has 2 N–H and O–H groups in total. The van der Waals surface area contributed by atoms with E-state index >= 15 is 0 Å². The van der Waals surface area contributed by atoms with Gasteiger partial charge in [-0.2, -0.15) is 0 Å². The number of pyridine rings is 1. The molecule has 0 saturated heterocycles. The second-order valence-corrected chi connectivity index (χ2v) is 5.55. The Kier molecular flexibility index (Phi) is 8.26. The Labute approximate surface area is 164 Å². The van der Waals surface area contributed by atoms with Gasteiger partial charge in [-0.15, -0.1) is 0 Å². The molecule has 0 saturated carbocycles. The van der Waals surface area contributed by atoms with Crippen LogP contribution in [0.4, 0.5) is 0 Å². The lowest BCUT2D eigenvalue weighted by atomic mass is 10.2. The van der Waals surface area contributed by atoms with E-state index in [1.165, 1.54) is 19.5 Å². The van der Waals surface area contributed by atoms with Crippen LogP contribution in [0.1, 0.15) is 18.2 Å². The number of hydrogen-bond acceptors (Lipinski definition) is 7. The fourth-order valence-electron chi connectivity index (χ4n) is 2.25. The number of nitrogens with one attached hydrogen (secondary N) is 2. The van der Waals surface area contributed by atoms with Crippen molar-refractivity contribution in [2.75, 3.05) is 13.7 Å². The van der Waals surface area contributed by atoms with Crippen molar-refractivity contribution in [1.82, 2.24) is 15.6 Å². The quantitative estimate of drug-likeness (QED) is 0.509. The molecule has 2 aromatic rings. The minimum atomic E-state index is -0.582. The normalized spacial score (nSPS) is 11.5. The zero-order valence-corrected chi connectivity index (χ0v) is 15.8. The first-order valence-corrected chi connectivity index (χ1v) is 8.76. The van der Waals surface area contributed by atoms with Gasteiger partial charge in [0.1, 0.15) is 11.3 Å². The van der Waals surface area contributed by atoms with E-state index in [1.807, 2.05) is 30.3 Å². The molecule has 0 amide bonds. The molecule has 0 atom stereocenters. The van der Waals surface area contributed by atoms with Gasteiger partial charge in [-0.3, -0.25) is 4.98 Å². The topological polar surface area (TPSA) is 89.6 Å². The van der Waals surface area contributed by atoms with Crippen LogP contribution in [0, 0.1) is 0 Å². The van der Waals surface area contributed by atoms with E-state index in [4.69, 9.17) is 9.47 Å². The first kappa shape index (κ1) is 20.7. The average molecular weight is 381 g/mol. The number of aromatic nitrogens is 1. The Morgan fingerprint density at radius 2 is 1.79 bits per heavy atom. The summed E-state index contributed by atoms with van der Waals surface area (Å²) in [5.41, 5.74) is 1.81. The van der Waals surface area contributed by atoms with Crippen molar-refractivity contribution in [3.05, 3.63) is 84.1 Å². The number of methoxy groups -OCH3 is 1. The Morgan fingerprint density at radius 1 is 1.04 bits per heavy atom. The monoisotopic (exact) mass is 381 g/mol. The lowest BCUT2D eigenvalue weighted by Gasteiger charge is -2.10. The fraction of sp³-hybridized carbons (Fsp3) is 0.190. The zero-order chi connectivity index (χ0) is 20.2. The number of carbonyl (C=O) groups is 2. The maximum Gasteiger partial charge on any atom is 0.355 e. The third-order valence-electron chi connectivity index (χ3n) is 3.61. The Morgan fingerprint density at radius 3 is 2.43 bits per heavy atom. The zero-order valence-electron chi connectivity index (χ0n) is 15.8. The van der Waals surface area contributed by atoms with Gasteiger partial charge in [0.05, 0.1) is 19.4 Å². The lowest BCUT2D eigenvalue weighted by Crippen LogP contribution is -2.22. The van der Waals surface area contributed by atoms with Gasteiger partial charge in [0.15, 0.2) is 0 Å². The minimum absolute atomic E-state index is 0.135. The number of ether oxygens (including phenoxy) is 2. The van der Waals surface area contributed by atoms with Crippen LogP contribution < -0.4 is 10.6 Å². The fourth-order valence-corrected chi connectivity index (χ4v) is 2.25. The van der Waals surface area contributed by atoms with Crippen LogP contribution >= 0.6 is 0 Å². The summed E-state index contributed by atoms with van der Waals surface area (Å²) in [6.07, 6.45) is 4.45. The van der Waals surface area contributed by atoms with Crippen molar-refractivity contribution in [2.45, 2.75) is 13.5 Å². The molecule has 0 unspecified atom stereocenters. The number of carbonyl (C=O) groups excluding carboxylic acids is 2. The van der Waals surface area contributed by atoms with Crippen molar-refractivity contribution in [2.24, 2.45) is 0 Å². The van der Waals surface area contributed by atoms with Crippen molar-refractivity contribution in [3.8, 4) is 0 Å². The number of hydrogen-bond donors (Lipinski definition) is 2. The molecule has 1 heterocycles. The van der Waals surface area contributed by atoms with E-state index in [0.717, 1.165) is 5.56 Å². The van der Waals surface area contributed by atoms with Gasteiger partial charge in [0.25, 0.3) is 0 Å². The third kappa shape index (κ3) is 6.28. The molecule has 1 aromatic heterocycles. The average Bonchev–Trinajstić information content (AvgIpc) is 2.74. The van der Waals surface area contributed by atoms with E-state index in [1.54, 1.807) is 31.3 Å². The largest absolute Gasteiger partial charge is 0.464 e. The van der Waals surface area contributed by atoms with Crippen LogP contribution in [0.3, 0.4) is 0 Å². The van der Waals surface area contributed by atoms with Crippen LogP contribution in [0.15, 0.2) is 72.8 Å². The van der Waals surface area contributed by atoms with Gasteiger partial charge < -0.3 is 20.1 Å². The summed E-state index contributed by atoms with van der Waals surface area (Å²) >= 11 is 0. The highest BCUT2D eigenvalue weighted by Crippen LogP contribution is 2.13. The van der Waals surface area contributed by atoms with E-state index < -0.39 is 11.9 Å². The van der Waals surface area contributed by atoms with Crippen LogP contribution in [-0.2, 0) is 25.6 Å². The maximum absolute atomic E-state index is 12.3. The Bertz CT molecular complexity index is 833. The van der Waals surface area contributed by atoms with Gasteiger partial charge in [-0.25, -0.2) is 9.59 Å². The summed E-state index contributed by atoms with van der Waals surface area (Å²) in [4.78, 5) is 28.5. The van der Waals surface area contributed by atoms with Crippen molar-refractivity contribution in [3.63, 3.8) is 0 Å². The van der Waals surface area contributed by atoms with Gasteiger partial charge in [0, 0.05) is 25.1 Å². The molecular weight excluding hydrogens is 358 g/mol. The predicted octanol–water partition coefficient (Wildman–Crippen LogP) is 2.38. The number of nitrogens with zero attached hydrogens (tertiary/aromatic N) is 1. The van der Waals surface area contributed by atoms with Gasteiger partial charge >= 0.3 is 11.9 Å². The van der Waals surface area contributed by atoms with E-state index in [2.05, 4.69) is 15.6 Å². The molecule has 1 aromatic carbocycles.